The maximum Gasteiger partial charge on any atom is 0.303 e. The topological polar surface area (TPSA) is 61.8 Å². The van der Waals surface area contributed by atoms with Crippen LogP contribution in [-0.2, 0) is 23.8 Å². The fraction of sp³-hybridized carbons (Fsp3) is 0.600. The molecular weight excluding hydrogens is 200 g/mol. The summed E-state index contributed by atoms with van der Waals surface area (Å²) in [6.07, 6.45) is 1.50. The lowest BCUT2D eigenvalue weighted by Gasteiger charge is -2.31. The lowest BCUT2D eigenvalue weighted by atomic mass is 10.1. The minimum atomic E-state index is -0.587. The predicted octanol–water partition coefficient (Wildman–Crippen LogP) is 0.782. The molecule has 84 valence electrons. The fourth-order valence-electron chi connectivity index (χ4n) is 1.35. The Morgan fingerprint density at radius 2 is 1.80 bits per heavy atom. The van der Waals surface area contributed by atoms with Crippen molar-refractivity contribution in [3.8, 4) is 0 Å². The minimum absolute atomic E-state index is 0.330. The van der Waals surface area contributed by atoms with E-state index < -0.39 is 24.1 Å². The zero-order valence-corrected chi connectivity index (χ0v) is 8.93. The van der Waals surface area contributed by atoms with Gasteiger partial charge in [-0.15, -0.1) is 0 Å². The van der Waals surface area contributed by atoms with Crippen molar-refractivity contribution in [1.82, 2.24) is 0 Å². The third kappa shape index (κ3) is 3.27. The van der Waals surface area contributed by atoms with Gasteiger partial charge >= 0.3 is 11.9 Å². The van der Waals surface area contributed by atoms with Gasteiger partial charge in [0.2, 0.25) is 0 Å². The molecule has 0 aliphatic carbocycles. The van der Waals surface area contributed by atoms with Crippen LogP contribution in [0, 0.1) is 0 Å². The molecule has 5 heteroatoms. The number of hydrogen-bond donors (Lipinski definition) is 0. The number of hydrogen-bond acceptors (Lipinski definition) is 5. The summed E-state index contributed by atoms with van der Waals surface area (Å²) in [6.45, 7) is 4.35. The van der Waals surface area contributed by atoms with Crippen LogP contribution in [0.2, 0.25) is 0 Å². The van der Waals surface area contributed by atoms with E-state index in [0.29, 0.717) is 0 Å². The van der Waals surface area contributed by atoms with Gasteiger partial charge in [0, 0.05) is 13.8 Å². The van der Waals surface area contributed by atoms with Gasteiger partial charge in [-0.2, -0.15) is 0 Å². The highest BCUT2D eigenvalue weighted by Crippen LogP contribution is 2.18. The van der Waals surface area contributed by atoms with Crippen molar-refractivity contribution in [2.24, 2.45) is 0 Å². The van der Waals surface area contributed by atoms with E-state index >= 15 is 0 Å². The summed E-state index contributed by atoms with van der Waals surface area (Å²) < 4.78 is 15.2. The maximum absolute atomic E-state index is 10.8. The van der Waals surface area contributed by atoms with Crippen LogP contribution in [0.3, 0.4) is 0 Å². The van der Waals surface area contributed by atoms with Gasteiger partial charge < -0.3 is 14.2 Å². The third-order valence-corrected chi connectivity index (χ3v) is 1.95. The van der Waals surface area contributed by atoms with Gasteiger partial charge in [0.05, 0.1) is 6.26 Å². The van der Waals surface area contributed by atoms with E-state index in [-0.39, 0.29) is 6.10 Å². The molecule has 0 amide bonds. The van der Waals surface area contributed by atoms with Crippen molar-refractivity contribution >= 4 is 11.9 Å². The Labute approximate surface area is 88.0 Å². The Morgan fingerprint density at radius 3 is 2.33 bits per heavy atom. The molecule has 1 rings (SSSR count). The Bertz CT molecular complexity index is 284. The molecule has 0 aromatic rings. The Balaban J connectivity index is 2.71. The highest BCUT2D eigenvalue weighted by Gasteiger charge is 2.34. The van der Waals surface area contributed by atoms with Crippen molar-refractivity contribution in [3.63, 3.8) is 0 Å². The van der Waals surface area contributed by atoms with E-state index in [1.807, 2.05) is 0 Å². The second kappa shape index (κ2) is 4.82. The summed E-state index contributed by atoms with van der Waals surface area (Å²) in [5.74, 6) is -0.848. The van der Waals surface area contributed by atoms with Crippen LogP contribution >= 0.6 is 0 Å². The molecule has 0 bridgehead atoms. The number of carbonyl (C=O) groups is 2. The molecule has 0 unspecified atom stereocenters. The van der Waals surface area contributed by atoms with Crippen LogP contribution in [-0.4, -0.2) is 30.3 Å². The van der Waals surface area contributed by atoms with E-state index in [9.17, 15) is 9.59 Å². The van der Waals surface area contributed by atoms with Crippen LogP contribution in [0.4, 0.5) is 0 Å². The molecule has 15 heavy (non-hydrogen) atoms. The zero-order valence-electron chi connectivity index (χ0n) is 8.93. The highest BCUT2D eigenvalue weighted by atomic mass is 16.6. The first-order chi connectivity index (χ1) is 7.00. The van der Waals surface area contributed by atoms with Crippen LogP contribution < -0.4 is 0 Å². The van der Waals surface area contributed by atoms with Crippen molar-refractivity contribution < 1.29 is 23.8 Å². The fourth-order valence-corrected chi connectivity index (χ4v) is 1.35. The second-order valence-electron chi connectivity index (χ2n) is 3.32. The van der Waals surface area contributed by atoms with E-state index in [0.717, 1.165) is 0 Å². The molecule has 1 aliphatic heterocycles. The molecule has 5 nitrogen and oxygen atoms in total. The highest BCUT2D eigenvalue weighted by molar-refractivity contribution is 5.67. The maximum atomic E-state index is 10.8. The van der Waals surface area contributed by atoms with Crippen LogP contribution in [0.15, 0.2) is 12.3 Å². The zero-order chi connectivity index (χ0) is 11.4. The largest absolute Gasteiger partial charge is 0.494 e. The molecule has 1 heterocycles. The van der Waals surface area contributed by atoms with Gasteiger partial charge in [0.1, 0.15) is 6.10 Å². The van der Waals surface area contributed by atoms with E-state index in [2.05, 4.69) is 0 Å². The third-order valence-electron chi connectivity index (χ3n) is 1.95. The monoisotopic (exact) mass is 214 g/mol. The molecule has 0 aromatic heterocycles. The van der Waals surface area contributed by atoms with Crippen molar-refractivity contribution in [1.29, 1.82) is 0 Å². The Kier molecular flexibility index (Phi) is 3.71. The van der Waals surface area contributed by atoms with E-state index in [4.69, 9.17) is 14.2 Å². The predicted molar refractivity (Wildman–Crippen MR) is 50.8 cm³/mol. The molecule has 0 N–H and O–H groups in total. The average Bonchev–Trinajstić information content (AvgIpc) is 2.09. The summed E-state index contributed by atoms with van der Waals surface area (Å²) in [4.78, 5) is 21.7. The standard InChI is InChI=1S/C10H14O5/c1-6-10(15-8(3)12)9(4-5-13-6)14-7(2)11/h4-6,9-10H,1-3H3/t6-,9+,10+/m0/s1. The molecule has 0 radical (unpaired) electrons. The number of esters is 2. The van der Waals surface area contributed by atoms with E-state index in [1.165, 1.54) is 20.1 Å². The summed E-state index contributed by atoms with van der Waals surface area (Å²) in [5, 5.41) is 0. The summed E-state index contributed by atoms with van der Waals surface area (Å²) in [7, 11) is 0. The van der Waals surface area contributed by atoms with Gasteiger partial charge in [-0.3, -0.25) is 9.59 Å². The quantitative estimate of drug-likeness (QED) is 0.636. The minimum Gasteiger partial charge on any atom is -0.494 e. The van der Waals surface area contributed by atoms with Crippen molar-refractivity contribution in [2.75, 3.05) is 0 Å². The van der Waals surface area contributed by atoms with Gasteiger partial charge in [0.25, 0.3) is 0 Å². The molecule has 1 aliphatic rings. The Morgan fingerprint density at radius 1 is 1.20 bits per heavy atom. The molecule has 0 fully saturated rings. The first-order valence-corrected chi connectivity index (χ1v) is 4.67. The number of rotatable bonds is 2. The number of carbonyl (C=O) groups excluding carboxylic acids is 2. The van der Waals surface area contributed by atoms with Crippen molar-refractivity contribution in [3.05, 3.63) is 12.3 Å². The SMILES string of the molecule is CC(=O)O[C@@H]1[C@H](C)OC=C[C@H]1OC(C)=O. The normalized spacial score (nSPS) is 29.1. The second-order valence-corrected chi connectivity index (χ2v) is 3.32. The van der Waals surface area contributed by atoms with E-state index in [1.54, 1.807) is 13.0 Å². The van der Waals surface area contributed by atoms with Crippen LogP contribution in [0.5, 0.6) is 0 Å². The average molecular weight is 214 g/mol. The molecule has 0 saturated heterocycles. The van der Waals surface area contributed by atoms with Gasteiger partial charge in [-0.1, -0.05) is 0 Å². The lowest BCUT2D eigenvalue weighted by molar-refractivity contribution is -0.172. The smallest absolute Gasteiger partial charge is 0.303 e. The first-order valence-electron chi connectivity index (χ1n) is 4.67. The molecule has 0 saturated carbocycles. The lowest BCUT2D eigenvalue weighted by Crippen LogP contribution is -2.43. The summed E-state index contributed by atoms with van der Waals surface area (Å²) in [6, 6.07) is 0. The van der Waals surface area contributed by atoms with Gasteiger partial charge in [0.15, 0.2) is 12.2 Å². The number of ether oxygens (including phenoxy) is 3. The molecule has 0 spiro atoms. The van der Waals surface area contributed by atoms with Gasteiger partial charge in [-0.05, 0) is 13.0 Å². The van der Waals surface area contributed by atoms with Crippen LogP contribution in [0.25, 0.3) is 0 Å². The first kappa shape index (κ1) is 11.6. The summed E-state index contributed by atoms with van der Waals surface area (Å²) in [5.41, 5.74) is 0. The van der Waals surface area contributed by atoms with Crippen LogP contribution in [0.1, 0.15) is 20.8 Å². The Hall–Kier alpha value is -1.52. The summed E-state index contributed by atoms with van der Waals surface area (Å²) >= 11 is 0. The molecule has 3 atom stereocenters. The van der Waals surface area contributed by atoms with Gasteiger partial charge in [-0.25, -0.2) is 0 Å². The van der Waals surface area contributed by atoms with Crippen molar-refractivity contribution in [2.45, 2.75) is 39.1 Å². The molecule has 0 aromatic carbocycles. The molecular formula is C10H14O5.